The summed E-state index contributed by atoms with van der Waals surface area (Å²) in [5.74, 6) is 3.05. The van der Waals surface area contributed by atoms with E-state index in [0.717, 1.165) is 48.5 Å². The zero-order valence-corrected chi connectivity index (χ0v) is 19.5. The molecule has 2 saturated carbocycles. The Morgan fingerprint density at radius 1 is 0.867 bits per heavy atom. The van der Waals surface area contributed by atoms with Crippen molar-refractivity contribution in [3.8, 4) is 0 Å². The smallest absolute Gasteiger partial charge is 0.148 e. The van der Waals surface area contributed by atoms with Crippen molar-refractivity contribution in [3.05, 3.63) is 33.9 Å². The lowest BCUT2D eigenvalue weighted by Crippen LogP contribution is -2.35. The van der Waals surface area contributed by atoms with Gasteiger partial charge in [0.1, 0.15) is 16.7 Å². The van der Waals surface area contributed by atoms with Gasteiger partial charge in [0, 0.05) is 0 Å². The normalized spacial score (nSPS) is 31.3. The number of unbranched alkanes of at least 4 members (excludes halogenated alkanes) is 4. The fourth-order valence-electron chi connectivity index (χ4n) is 7.00. The summed E-state index contributed by atoms with van der Waals surface area (Å²) < 4.78 is 28.3. The predicted molar refractivity (Wildman–Crippen MR) is 122 cm³/mol. The van der Waals surface area contributed by atoms with E-state index in [9.17, 15) is 8.78 Å². The lowest BCUT2D eigenvalue weighted by atomic mass is 9.61. The molecular formula is C27H39ClF2. The molecule has 5 unspecified atom stereocenters. The third-order valence-corrected chi connectivity index (χ3v) is 9.09. The van der Waals surface area contributed by atoms with E-state index in [1.54, 1.807) is 0 Å². The monoisotopic (exact) mass is 436 g/mol. The van der Waals surface area contributed by atoms with E-state index >= 15 is 0 Å². The Labute approximate surface area is 187 Å². The summed E-state index contributed by atoms with van der Waals surface area (Å²) in [6.07, 6.45) is 19.4. The van der Waals surface area contributed by atoms with Gasteiger partial charge >= 0.3 is 0 Å². The first kappa shape index (κ1) is 22.6. The molecule has 0 N–H and O–H groups in total. The third kappa shape index (κ3) is 5.05. The van der Waals surface area contributed by atoms with Crippen LogP contribution in [0.2, 0.25) is 5.02 Å². The Kier molecular flexibility index (Phi) is 7.76. The standard InChI is InChI=1S/C27H39ClF2/c1-2-3-4-5-6-7-18-8-9-20-15-21(11-10-19(20)14-18)22-12-13-24-23(16-22)17-25(29)26(28)27(24)30/h17-22H,2-16H2,1H3. The highest BCUT2D eigenvalue weighted by atomic mass is 35.5. The van der Waals surface area contributed by atoms with Gasteiger partial charge in [-0.1, -0.05) is 63.5 Å². The van der Waals surface area contributed by atoms with Gasteiger partial charge < -0.3 is 0 Å². The highest BCUT2D eigenvalue weighted by Crippen LogP contribution is 2.49. The lowest BCUT2D eigenvalue weighted by Gasteiger charge is -2.45. The maximum atomic E-state index is 14.3. The molecule has 168 valence electrons. The van der Waals surface area contributed by atoms with Crippen LogP contribution in [0.5, 0.6) is 0 Å². The van der Waals surface area contributed by atoms with Crippen LogP contribution < -0.4 is 0 Å². The van der Waals surface area contributed by atoms with Gasteiger partial charge in [0.15, 0.2) is 0 Å². The number of fused-ring (bicyclic) bond motifs is 2. The topological polar surface area (TPSA) is 0 Å². The SMILES string of the molecule is CCCCCCCC1CCC2CC(C3CCc4c(cc(F)c(Cl)c4F)C3)CCC2C1. The average molecular weight is 437 g/mol. The molecule has 0 aromatic heterocycles. The second kappa shape index (κ2) is 10.3. The Morgan fingerprint density at radius 3 is 2.37 bits per heavy atom. The first-order chi connectivity index (χ1) is 14.6. The van der Waals surface area contributed by atoms with Gasteiger partial charge in [-0.2, -0.15) is 0 Å². The minimum absolute atomic E-state index is 0.324. The number of hydrogen-bond donors (Lipinski definition) is 0. The van der Waals surface area contributed by atoms with Gasteiger partial charge in [-0.15, -0.1) is 0 Å². The molecule has 0 aliphatic heterocycles. The van der Waals surface area contributed by atoms with Gasteiger partial charge in [-0.3, -0.25) is 0 Å². The van der Waals surface area contributed by atoms with Crippen molar-refractivity contribution in [2.45, 2.75) is 103 Å². The fraction of sp³-hybridized carbons (Fsp3) is 0.778. The van der Waals surface area contributed by atoms with E-state index in [0.29, 0.717) is 11.5 Å². The Balaban J connectivity index is 1.28. The van der Waals surface area contributed by atoms with Crippen molar-refractivity contribution in [2.75, 3.05) is 0 Å². The molecule has 2 fully saturated rings. The number of halogens is 3. The Bertz CT molecular complexity index is 715. The molecule has 3 aliphatic rings. The van der Waals surface area contributed by atoms with Crippen LogP contribution in [0.25, 0.3) is 0 Å². The number of benzene rings is 1. The van der Waals surface area contributed by atoms with Crippen LogP contribution in [0.1, 0.15) is 102 Å². The largest absolute Gasteiger partial charge is 0.205 e. The molecule has 0 amide bonds. The molecule has 1 aromatic rings. The van der Waals surface area contributed by atoms with Crippen LogP contribution in [0.3, 0.4) is 0 Å². The van der Waals surface area contributed by atoms with Crippen LogP contribution in [-0.4, -0.2) is 0 Å². The van der Waals surface area contributed by atoms with E-state index in [2.05, 4.69) is 6.92 Å². The molecule has 3 heteroatoms. The van der Waals surface area contributed by atoms with Gasteiger partial charge in [0.25, 0.3) is 0 Å². The quantitative estimate of drug-likeness (QED) is 0.295. The molecule has 1 aromatic carbocycles. The van der Waals surface area contributed by atoms with Crippen LogP contribution in [0, 0.1) is 41.2 Å². The summed E-state index contributed by atoms with van der Waals surface area (Å²) in [6.45, 7) is 2.29. The van der Waals surface area contributed by atoms with Gasteiger partial charge in [0.05, 0.1) is 0 Å². The lowest BCUT2D eigenvalue weighted by molar-refractivity contribution is 0.0688. The van der Waals surface area contributed by atoms with Gasteiger partial charge in [-0.05, 0) is 98.1 Å². The second-order valence-electron chi connectivity index (χ2n) is 10.6. The van der Waals surface area contributed by atoms with Crippen molar-refractivity contribution < 1.29 is 8.78 Å². The first-order valence-electron chi connectivity index (χ1n) is 12.7. The van der Waals surface area contributed by atoms with E-state index in [-0.39, 0.29) is 5.02 Å². The van der Waals surface area contributed by atoms with Crippen molar-refractivity contribution in [3.63, 3.8) is 0 Å². The molecule has 0 bridgehead atoms. The molecule has 5 atom stereocenters. The Hall–Kier alpha value is -0.630. The number of hydrogen-bond acceptors (Lipinski definition) is 0. The molecule has 4 rings (SSSR count). The summed E-state index contributed by atoms with van der Waals surface area (Å²) in [5.41, 5.74) is 1.55. The maximum absolute atomic E-state index is 14.3. The molecule has 0 heterocycles. The van der Waals surface area contributed by atoms with E-state index in [1.165, 1.54) is 83.1 Å². The Morgan fingerprint density at radius 2 is 1.57 bits per heavy atom. The average Bonchev–Trinajstić information content (AvgIpc) is 2.76. The van der Waals surface area contributed by atoms with Crippen LogP contribution >= 0.6 is 11.6 Å². The molecule has 3 aliphatic carbocycles. The van der Waals surface area contributed by atoms with Gasteiger partial charge in [-0.25, -0.2) is 8.78 Å². The van der Waals surface area contributed by atoms with Crippen molar-refractivity contribution >= 4 is 11.6 Å². The molecule has 0 saturated heterocycles. The molecule has 0 nitrogen and oxygen atoms in total. The van der Waals surface area contributed by atoms with E-state index < -0.39 is 11.6 Å². The van der Waals surface area contributed by atoms with E-state index in [4.69, 9.17) is 11.6 Å². The summed E-state index contributed by atoms with van der Waals surface area (Å²) >= 11 is 5.79. The molecule has 0 radical (unpaired) electrons. The summed E-state index contributed by atoms with van der Waals surface area (Å²) in [6, 6.07) is 1.50. The van der Waals surface area contributed by atoms with Crippen LogP contribution in [0.15, 0.2) is 6.07 Å². The second-order valence-corrected chi connectivity index (χ2v) is 11.0. The zero-order chi connectivity index (χ0) is 21.1. The fourth-order valence-corrected chi connectivity index (χ4v) is 7.17. The molecular weight excluding hydrogens is 398 g/mol. The predicted octanol–water partition coefficient (Wildman–Crippen LogP) is 8.92. The third-order valence-electron chi connectivity index (χ3n) is 8.75. The maximum Gasteiger partial charge on any atom is 0.148 e. The molecule has 30 heavy (non-hydrogen) atoms. The summed E-state index contributed by atoms with van der Waals surface area (Å²) in [5, 5.41) is -0.324. The van der Waals surface area contributed by atoms with Crippen LogP contribution in [-0.2, 0) is 12.8 Å². The highest BCUT2D eigenvalue weighted by Gasteiger charge is 2.39. The summed E-state index contributed by atoms with van der Waals surface area (Å²) in [7, 11) is 0. The minimum Gasteiger partial charge on any atom is -0.205 e. The van der Waals surface area contributed by atoms with Gasteiger partial charge in [0.2, 0.25) is 0 Å². The summed E-state index contributed by atoms with van der Waals surface area (Å²) in [4.78, 5) is 0. The molecule has 0 spiro atoms. The van der Waals surface area contributed by atoms with Crippen molar-refractivity contribution in [2.24, 2.45) is 29.6 Å². The zero-order valence-electron chi connectivity index (χ0n) is 18.7. The highest BCUT2D eigenvalue weighted by molar-refractivity contribution is 6.31. The van der Waals surface area contributed by atoms with Crippen molar-refractivity contribution in [1.82, 2.24) is 0 Å². The van der Waals surface area contributed by atoms with Crippen LogP contribution in [0.4, 0.5) is 8.78 Å². The number of rotatable bonds is 7. The first-order valence-corrected chi connectivity index (χ1v) is 13.1. The van der Waals surface area contributed by atoms with Crippen molar-refractivity contribution in [1.29, 1.82) is 0 Å². The van der Waals surface area contributed by atoms with E-state index in [1.807, 2.05) is 0 Å². The minimum atomic E-state index is -0.592.